The minimum absolute atomic E-state index is 0.205. The third-order valence-electron chi connectivity index (χ3n) is 3.87. The van der Waals surface area contributed by atoms with Gasteiger partial charge in [0.25, 0.3) is 0 Å². The van der Waals surface area contributed by atoms with Crippen molar-refractivity contribution in [2.75, 3.05) is 19.6 Å². The Labute approximate surface area is 136 Å². The van der Waals surface area contributed by atoms with Crippen LogP contribution in [0.5, 0.6) is 5.75 Å². The van der Waals surface area contributed by atoms with Gasteiger partial charge >= 0.3 is 0 Å². The van der Waals surface area contributed by atoms with Gasteiger partial charge in [0.15, 0.2) is 11.6 Å². The molecule has 0 aliphatic rings. The monoisotopic (exact) mass is 319 g/mol. The number of halogens is 2. The second-order valence-corrected chi connectivity index (χ2v) is 5.76. The minimum atomic E-state index is -0.579. The number of rotatable bonds is 8. The summed E-state index contributed by atoms with van der Waals surface area (Å²) in [4.78, 5) is 2.30. The number of aromatic hydroxyl groups is 1. The smallest absolute Gasteiger partial charge is 0.165 e. The molecule has 1 N–H and O–H groups in total. The van der Waals surface area contributed by atoms with Gasteiger partial charge in [-0.2, -0.15) is 0 Å². The lowest BCUT2D eigenvalue weighted by Gasteiger charge is -2.21. The third kappa shape index (κ3) is 5.64. The molecule has 2 aromatic carbocycles. The van der Waals surface area contributed by atoms with Crippen molar-refractivity contribution >= 4 is 0 Å². The van der Waals surface area contributed by atoms with Gasteiger partial charge in [-0.1, -0.05) is 25.1 Å². The second kappa shape index (κ2) is 8.63. The van der Waals surface area contributed by atoms with Crippen LogP contribution in [-0.4, -0.2) is 29.6 Å². The highest BCUT2D eigenvalue weighted by Gasteiger charge is 2.07. The molecule has 0 spiro atoms. The first-order valence-corrected chi connectivity index (χ1v) is 8.02. The van der Waals surface area contributed by atoms with Crippen LogP contribution in [-0.2, 0) is 12.8 Å². The van der Waals surface area contributed by atoms with Crippen LogP contribution in [0.1, 0.15) is 24.5 Å². The van der Waals surface area contributed by atoms with Gasteiger partial charge in [0.05, 0.1) is 0 Å². The fraction of sp³-hybridized carbons (Fsp3) is 0.368. The Bertz CT molecular complexity index is 631. The van der Waals surface area contributed by atoms with Gasteiger partial charge in [0.2, 0.25) is 0 Å². The second-order valence-electron chi connectivity index (χ2n) is 5.76. The van der Waals surface area contributed by atoms with Gasteiger partial charge in [-0.25, -0.2) is 8.78 Å². The van der Waals surface area contributed by atoms with Crippen molar-refractivity contribution in [2.45, 2.75) is 26.2 Å². The van der Waals surface area contributed by atoms with Crippen molar-refractivity contribution in [3.8, 4) is 5.75 Å². The van der Waals surface area contributed by atoms with Gasteiger partial charge < -0.3 is 10.0 Å². The van der Waals surface area contributed by atoms with E-state index in [0.29, 0.717) is 0 Å². The molecule has 124 valence electrons. The van der Waals surface area contributed by atoms with Crippen molar-refractivity contribution in [3.05, 3.63) is 65.2 Å². The highest BCUT2D eigenvalue weighted by Crippen LogP contribution is 2.16. The number of benzene rings is 2. The molecule has 0 saturated carbocycles. The molecule has 2 rings (SSSR count). The molecular weight excluding hydrogens is 296 g/mol. The van der Waals surface area contributed by atoms with Crippen LogP contribution in [0, 0.1) is 11.6 Å². The van der Waals surface area contributed by atoms with Gasteiger partial charge in [0, 0.05) is 13.1 Å². The normalized spacial score (nSPS) is 11.1. The standard InChI is InChI=1S/C19H23F2NO/c1-2-10-22(11-8-15-4-3-5-17(20)13-15)12-9-16-6-7-19(23)18(21)14-16/h3-7,13-14,23H,2,8-12H2,1H3. The largest absolute Gasteiger partial charge is 0.505 e. The van der Waals surface area contributed by atoms with Crippen molar-refractivity contribution in [2.24, 2.45) is 0 Å². The molecule has 0 radical (unpaired) electrons. The molecule has 0 aliphatic heterocycles. The summed E-state index contributed by atoms with van der Waals surface area (Å²) in [6.07, 6.45) is 2.55. The van der Waals surface area contributed by atoms with E-state index in [-0.39, 0.29) is 11.6 Å². The Morgan fingerprint density at radius 3 is 2.22 bits per heavy atom. The van der Waals surface area contributed by atoms with Crippen LogP contribution in [0.15, 0.2) is 42.5 Å². The lowest BCUT2D eigenvalue weighted by atomic mass is 10.1. The van der Waals surface area contributed by atoms with E-state index in [1.54, 1.807) is 18.2 Å². The van der Waals surface area contributed by atoms with Crippen molar-refractivity contribution in [1.82, 2.24) is 4.90 Å². The molecule has 0 heterocycles. The number of nitrogens with zero attached hydrogens (tertiary/aromatic N) is 1. The molecule has 0 aliphatic carbocycles. The quantitative estimate of drug-likeness (QED) is 0.789. The highest BCUT2D eigenvalue weighted by molar-refractivity contribution is 5.28. The number of hydrogen-bond donors (Lipinski definition) is 1. The van der Waals surface area contributed by atoms with Gasteiger partial charge in [-0.05, 0) is 61.2 Å². The summed E-state index contributed by atoms with van der Waals surface area (Å²) in [5, 5.41) is 9.22. The molecular formula is C19H23F2NO. The molecule has 0 unspecified atom stereocenters. The molecule has 4 heteroatoms. The third-order valence-corrected chi connectivity index (χ3v) is 3.87. The van der Waals surface area contributed by atoms with E-state index in [9.17, 15) is 13.9 Å². The van der Waals surface area contributed by atoms with Crippen molar-refractivity contribution in [3.63, 3.8) is 0 Å². The zero-order valence-electron chi connectivity index (χ0n) is 13.4. The SMILES string of the molecule is CCCN(CCc1cccc(F)c1)CCc1ccc(O)c(F)c1. The fourth-order valence-electron chi connectivity index (χ4n) is 2.62. The van der Waals surface area contributed by atoms with E-state index >= 15 is 0 Å². The Morgan fingerprint density at radius 2 is 1.61 bits per heavy atom. The summed E-state index contributed by atoms with van der Waals surface area (Å²) in [6.45, 7) is 4.73. The predicted octanol–water partition coefficient (Wildman–Crippen LogP) is 4.17. The zero-order chi connectivity index (χ0) is 16.7. The van der Waals surface area contributed by atoms with Gasteiger partial charge in [-0.15, -0.1) is 0 Å². The van der Waals surface area contributed by atoms with Crippen LogP contribution in [0.4, 0.5) is 8.78 Å². The summed E-state index contributed by atoms with van der Waals surface area (Å²) in [6, 6.07) is 11.2. The number of phenolic OH excluding ortho intramolecular Hbond substituents is 1. The first-order valence-electron chi connectivity index (χ1n) is 8.02. The minimum Gasteiger partial charge on any atom is -0.505 e. The van der Waals surface area contributed by atoms with Crippen LogP contribution in [0.2, 0.25) is 0 Å². The van der Waals surface area contributed by atoms with Crippen molar-refractivity contribution < 1.29 is 13.9 Å². The van der Waals surface area contributed by atoms with Crippen molar-refractivity contribution in [1.29, 1.82) is 0 Å². The molecule has 2 aromatic rings. The maximum atomic E-state index is 13.4. The lowest BCUT2D eigenvalue weighted by Crippen LogP contribution is -2.29. The molecule has 0 saturated heterocycles. The maximum Gasteiger partial charge on any atom is 0.165 e. The first-order chi connectivity index (χ1) is 11.1. The Balaban J connectivity index is 1.89. The molecule has 0 aromatic heterocycles. The molecule has 0 atom stereocenters. The van der Waals surface area contributed by atoms with Gasteiger partial charge in [0.1, 0.15) is 5.82 Å². The average Bonchev–Trinajstić information content (AvgIpc) is 2.53. The lowest BCUT2D eigenvalue weighted by molar-refractivity contribution is 0.280. The van der Waals surface area contributed by atoms with E-state index in [4.69, 9.17) is 0 Å². The highest BCUT2D eigenvalue weighted by atomic mass is 19.1. The Morgan fingerprint density at radius 1 is 0.913 bits per heavy atom. The Hall–Kier alpha value is -1.94. The molecule has 0 amide bonds. The molecule has 2 nitrogen and oxygen atoms in total. The molecule has 0 bridgehead atoms. The summed E-state index contributed by atoms with van der Waals surface area (Å²) in [7, 11) is 0. The zero-order valence-corrected chi connectivity index (χ0v) is 13.4. The fourth-order valence-corrected chi connectivity index (χ4v) is 2.62. The van der Waals surface area contributed by atoms with Crippen LogP contribution in [0.25, 0.3) is 0 Å². The average molecular weight is 319 g/mol. The van der Waals surface area contributed by atoms with E-state index in [2.05, 4.69) is 11.8 Å². The summed E-state index contributed by atoms with van der Waals surface area (Å²) >= 11 is 0. The van der Waals surface area contributed by atoms with Crippen LogP contribution >= 0.6 is 0 Å². The van der Waals surface area contributed by atoms with E-state index in [0.717, 1.165) is 50.0 Å². The maximum absolute atomic E-state index is 13.4. The summed E-state index contributed by atoms with van der Waals surface area (Å²) in [5.74, 6) is -1.10. The summed E-state index contributed by atoms with van der Waals surface area (Å²) in [5.41, 5.74) is 1.86. The summed E-state index contributed by atoms with van der Waals surface area (Å²) < 4.78 is 26.6. The predicted molar refractivity (Wildman–Crippen MR) is 88.6 cm³/mol. The van der Waals surface area contributed by atoms with Crippen LogP contribution in [0.3, 0.4) is 0 Å². The van der Waals surface area contributed by atoms with Gasteiger partial charge in [-0.3, -0.25) is 0 Å². The van der Waals surface area contributed by atoms with E-state index < -0.39 is 5.82 Å². The Kier molecular flexibility index (Phi) is 6.53. The number of phenols is 1. The number of hydrogen-bond acceptors (Lipinski definition) is 2. The van der Waals surface area contributed by atoms with E-state index in [1.807, 2.05) is 6.07 Å². The van der Waals surface area contributed by atoms with E-state index in [1.165, 1.54) is 18.2 Å². The molecule has 0 fully saturated rings. The first kappa shape index (κ1) is 17.4. The van der Waals surface area contributed by atoms with Crippen LogP contribution < -0.4 is 0 Å². The topological polar surface area (TPSA) is 23.5 Å². The molecule has 23 heavy (non-hydrogen) atoms.